The second-order valence-electron chi connectivity index (χ2n) is 14.9. The molecular formula is C35H47Cl2N5O7. The Morgan fingerprint density at radius 1 is 1.04 bits per heavy atom. The third-order valence-corrected chi connectivity index (χ3v) is 10.4. The Bertz CT molecular complexity index is 1490. The molecule has 268 valence electrons. The lowest BCUT2D eigenvalue weighted by Crippen LogP contribution is -2.59. The summed E-state index contributed by atoms with van der Waals surface area (Å²) in [5.41, 5.74) is -0.486. The molecule has 1 aromatic rings. The number of ether oxygens (including phenoxy) is 1. The number of halogens is 2. The maximum absolute atomic E-state index is 14.5. The molecule has 14 heteroatoms. The van der Waals surface area contributed by atoms with Gasteiger partial charge >= 0.3 is 0 Å². The number of carbonyl (C=O) groups is 5. The topological polar surface area (TPSA) is 156 Å². The average molecular weight is 721 g/mol. The zero-order valence-corrected chi connectivity index (χ0v) is 30.1. The van der Waals surface area contributed by atoms with Crippen LogP contribution in [0.5, 0.6) is 0 Å². The number of amides is 4. The van der Waals surface area contributed by atoms with Gasteiger partial charge in [-0.15, -0.1) is 0 Å². The third kappa shape index (κ3) is 9.12. The molecule has 2 saturated heterocycles. The van der Waals surface area contributed by atoms with Gasteiger partial charge in [0.25, 0.3) is 5.91 Å². The summed E-state index contributed by atoms with van der Waals surface area (Å²) in [5.74, 6) is -2.55. The monoisotopic (exact) mass is 719 g/mol. The number of hydrogen-bond acceptors (Lipinski definition) is 8. The minimum Gasteiger partial charge on any atom is -0.387 e. The lowest BCUT2D eigenvalue weighted by atomic mass is 9.85. The Morgan fingerprint density at radius 2 is 1.76 bits per heavy atom. The zero-order valence-electron chi connectivity index (χ0n) is 28.6. The van der Waals surface area contributed by atoms with E-state index in [1.54, 1.807) is 18.2 Å². The number of carbonyl (C=O) groups excluding carboxylic acids is 5. The predicted molar refractivity (Wildman–Crippen MR) is 184 cm³/mol. The first-order valence-corrected chi connectivity index (χ1v) is 18.0. The van der Waals surface area contributed by atoms with Crippen molar-refractivity contribution in [1.29, 1.82) is 0 Å². The summed E-state index contributed by atoms with van der Waals surface area (Å²) >= 11 is 12.4. The lowest BCUT2D eigenvalue weighted by molar-refractivity contribution is -0.145. The number of benzene rings is 1. The van der Waals surface area contributed by atoms with Crippen LogP contribution < -0.4 is 16.0 Å². The first kappa shape index (κ1) is 37.0. The summed E-state index contributed by atoms with van der Waals surface area (Å²) in [7, 11) is 0. The van der Waals surface area contributed by atoms with Crippen molar-refractivity contribution in [3.8, 4) is 0 Å². The van der Waals surface area contributed by atoms with Crippen molar-refractivity contribution in [3.63, 3.8) is 0 Å². The molecular weight excluding hydrogens is 673 g/mol. The smallest absolute Gasteiger partial charge is 0.289 e. The van der Waals surface area contributed by atoms with E-state index in [2.05, 4.69) is 21.1 Å². The number of hydrogen-bond donors (Lipinski definition) is 3. The van der Waals surface area contributed by atoms with Gasteiger partial charge in [0.2, 0.25) is 23.5 Å². The second kappa shape index (κ2) is 15.3. The maximum atomic E-state index is 14.5. The Labute approximate surface area is 297 Å². The quantitative estimate of drug-likeness (QED) is 0.277. The first-order valence-electron chi connectivity index (χ1n) is 17.2. The molecule has 1 spiro atoms. The molecule has 1 saturated carbocycles. The fourth-order valence-electron chi connectivity index (χ4n) is 6.67. The molecule has 3 fully saturated rings. The molecule has 0 bridgehead atoms. The Kier molecular flexibility index (Phi) is 11.6. The number of ketones is 1. The first-order chi connectivity index (χ1) is 23.2. The molecule has 49 heavy (non-hydrogen) atoms. The van der Waals surface area contributed by atoms with Gasteiger partial charge in [-0.3, -0.25) is 24.0 Å². The van der Waals surface area contributed by atoms with E-state index in [0.29, 0.717) is 41.0 Å². The van der Waals surface area contributed by atoms with Gasteiger partial charge in [0.15, 0.2) is 5.60 Å². The zero-order chi connectivity index (χ0) is 35.5. The van der Waals surface area contributed by atoms with E-state index in [1.807, 2.05) is 27.7 Å². The van der Waals surface area contributed by atoms with Crippen LogP contribution in [0.4, 0.5) is 0 Å². The summed E-state index contributed by atoms with van der Waals surface area (Å²) in [6.07, 6.45) is 4.59. The molecule has 3 heterocycles. The molecule has 4 atom stereocenters. The minimum absolute atomic E-state index is 0.00914. The summed E-state index contributed by atoms with van der Waals surface area (Å²) in [4.78, 5) is 75.3. The van der Waals surface area contributed by atoms with Crippen molar-refractivity contribution >= 4 is 58.3 Å². The summed E-state index contributed by atoms with van der Waals surface area (Å²) < 4.78 is 5.43. The van der Waals surface area contributed by atoms with Gasteiger partial charge in [-0.25, -0.2) is 0 Å². The summed E-state index contributed by atoms with van der Waals surface area (Å²) in [5, 5.41) is 13.6. The van der Waals surface area contributed by atoms with Crippen molar-refractivity contribution in [1.82, 2.24) is 20.9 Å². The number of likely N-dealkylation sites (tertiary alicyclic amines) is 1. The predicted octanol–water partition coefficient (Wildman–Crippen LogP) is 3.94. The van der Waals surface area contributed by atoms with Crippen LogP contribution in [-0.4, -0.2) is 89.6 Å². The molecule has 1 aliphatic carbocycles. The fraction of sp³-hybridized carbons (Fsp3) is 0.657. The van der Waals surface area contributed by atoms with E-state index in [-0.39, 0.29) is 50.1 Å². The molecule has 0 radical (unpaired) electrons. The van der Waals surface area contributed by atoms with Gasteiger partial charge in [0, 0.05) is 44.1 Å². The molecule has 1 unspecified atom stereocenters. The highest BCUT2D eigenvalue weighted by atomic mass is 35.5. The molecule has 1 aromatic carbocycles. The van der Waals surface area contributed by atoms with Crippen LogP contribution in [0.3, 0.4) is 0 Å². The molecule has 4 aliphatic rings. The lowest BCUT2D eigenvalue weighted by Gasteiger charge is -2.36. The summed E-state index contributed by atoms with van der Waals surface area (Å²) in [6, 6.07) is 2.02. The van der Waals surface area contributed by atoms with Crippen LogP contribution in [-0.2, 0) is 33.5 Å². The second-order valence-corrected chi connectivity index (χ2v) is 15.7. The van der Waals surface area contributed by atoms with Gasteiger partial charge < -0.3 is 30.4 Å². The van der Waals surface area contributed by atoms with Gasteiger partial charge in [-0.05, 0) is 55.6 Å². The van der Waals surface area contributed by atoms with Crippen LogP contribution in [0.1, 0.15) is 91.0 Å². The fourth-order valence-corrected chi connectivity index (χ4v) is 6.97. The Hall–Kier alpha value is -3.22. The van der Waals surface area contributed by atoms with Crippen LogP contribution in [0.25, 0.3) is 0 Å². The highest BCUT2D eigenvalue weighted by Crippen LogP contribution is 2.40. The molecule has 3 N–H and O–H groups in total. The maximum Gasteiger partial charge on any atom is 0.289 e. The van der Waals surface area contributed by atoms with Gasteiger partial charge in [-0.1, -0.05) is 68.5 Å². The van der Waals surface area contributed by atoms with E-state index < -0.39 is 52.6 Å². The standard InChI is InChI=1S/C35H47Cl2N5O7/c1-5-6-25(29(44)32(46)38-22-8-9-22)39-31(45)27-18-35(17-26(41-49-35)21-7-10-23(36)24(37)16-21)19-42(27)33(47)30(34(2,3)4)40-28(43)15-20-11-13-48-14-12-20/h7,10,16,20,22,25,27,30H,5-6,8-9,11-15,17-19H2,1-4H3,(H,38,46)(H,39,45)(H,40,43)/t25-,27-,30+,35?/m0/s1. The summed E-state index contributed by atoms with van der Waals surface area (Å²) in [6.45, 7) is 8.64. The SMILES string of the molecule is CCC[C@H](NC(=O)[C@@H]1CC2(CC(c3ccc(Cl)c(Cl)c3)=NO2)CN1C(=O)[C@@H](NC(=O)CC1CCOCC1)C(C)(C)C)C(=O)C(=O)NC1CC1. The van der Waals surface area contributed by atoms with Crippen molar-refractivity contribution < 1.29 is 33.5 Å². The van der Waals surface area contributed by atoms with Crippen molar-refractivity contribution in [2.45, 2.75) is 115 Å². The van der Waals surface area contributed by atoms with Gasteiger partial charge in [0.1, 0.15) is 12.1 Å². The van der Waals surface area contributed by atoms with Gasteiger partial charge in [0.05, 0.1) is 28.3 Å². The molecule has 4 amide bonds. The molecule has 5 rings (SSSR count). The Morgan fingerprint density at radius 3 is 2.39 bits per heavy atom. The van der Waals surface area contributed by atoms with E-state index in [4.69, 9.17) is 32.8 Å². The Balaban J connectivity index is 1.39. The van der Waals surface area contributed by atoms with Crippen molar-refractivity contribution in [3.05, 3.63) is 33.8 Å². The highest BCUT2D eigenvalue weighted by molar-refractivity contribution is 6.42. The van der Waals surface area contributed by atoms with E-state index in [1.165, 1.54) is 4.90 Å². The number of rotatable bonds is 12. The van der Waals surface area contributed by atoms with E-state index in [0.717, 1.165) is 25.7 Å². The van der Waals surface area contributed by atoms with E-state index >= 15 is 0 Å². The number of oxime groups is 1. The number of Topliss-reactive ketones (excluding diaryl/α,β-unsaturated/α-hetero) is 1. The van der Waals surface area contributed by atoms with Crippen LogP contribution in [0.15, 0.2) is 23.4 Å². The van der Waals surface area contributed by atoms with Crippen LogP contribution in [0.2, 0.25) is 10.0 Å². The number of nitrogens with zero attached hydrogens (tertiary/aromatic N) is 2. The van der Waals surface area contributed by atoms with Gasteiger partial charge in [-0.2, -0.15) is 0 Å². The molecule has 3 aliphatic heterocycles. The minimum atomic E-state index is -1.06. The van der Waals surface area contributed by atoms with Crippen molar-refractivity contribution in [2.75, 3.05) is 19.8 Å². The molecule has 0 aromatic heterocycles. The molecule has 12 nitrogen and oxygen atoms in total. The third-order valence-electron chi connectivity index (χ3n) is 9.66. The largest absolute Gasteiger partial charge is 0.387 e. The van der Waals surface area contributed by atoms with Crippen LogP contribution in [0, 0.1) is 11.3 Å². The van der Waals surface area contributed by atoms with Crippen LogP contribution >= 0.6 is 23.2 Å². The van der Waals surface area contributed by atoms with E-state index in [9.17, 15) is 24.0 Å². The normalized spacial score (nSPS) is 23.8. The average Bonchev–Trinajstić information content (AvgIpc) is 3.65. The van der Waals surface area contributed by atoms with Crippen molar-refractivity contribution in [2.24, 2.45) is 16.5 Å². The number of nitrogens with one attached hydrogen (secondary N) is 3. The highest BCUT2D eigenvalue weighted by Gasteiger charge is 2.55.